The first-order valence-corrected chi connectivity index (χ1v) is 7.91. The van der Waals surface area contributed by atoms with Crippen LogP contribution in [0.25, 0.3) is 0 Å². The first kappa shape index (κ1) is 15.0. The predicted molar refractivity (Wildman–Crippen MR) is 67.4 cm³/mol. The summed E-state index contributed by atoms with van der Waals surface area (Å²) in [6.45, 7) is 3.98. The molecule has 1 atom stereocenters. The number of rotatable bonds is 8. The molecular weight excluding hydrogens is 255 g/mol. The highest BCUT2D eigenvalue weighted by Crippen LogP contribution is 2.28. The molecule has 0 aliphatic carbocycles. The van der Waals surface area contributed by atoms with Gasteiger partial charge >= 0.3 is 0 Å². The molecule has 0 aromatic carbocycles. The third-order valence-corrected chi connectivity index (χ3v) is 3.12. The number of nitrogens with one attached hydrogen (secondary N) is 1. The molecule has 0 saturated heterocycles. The van der Waals surface area contributed by atoms with Gasteiger partial charge in [-0.3, -0.25) is 14.0 Å². The van der Waals surface area contributed by atoms with Gasteiger partial charge in [-0.2, -0.15) is 0 Å². The van der Waals surface area contributed by atoms with E-state index < -0.39 is 7.52 Å². The van der Waals surface area contributed by atoms with Crippen molar-refractivity contribution in [1.29, 1.82) is 0 Å². The van der Waals surface area contributed by atoms with Crippen molar-refractivity contribution < 1.29 is 14.3 Å². The number of hydrogen-bond donors (Lipinski definition) is 2. The second-order valence-corrected chi connectivity index (χ2v) is 6.38. The summed E-state index contributed by atoms with van der Waals surface area (Å²) >= 11 is 0. The van der Waals surface area contributed by atoms with Crippen LogP contribution in [0.4, 0.5) is 0 Å². The van der Waals surface area contributed by atoms with E-state index in [-0.39, 0.29) is 5.78 Å². The zero-order chi connectivity index (χ0) is 13.6. The molecule has 0 aliphatic rings. The van der Waals surface area contributed by atoms with Crippen LogP contribution < -0.4 is 5.09 Å². The molecule has 1 rings (SSSR count). The fourth-order valence-electron chi connectivity index (χ4n) is 1.44. The van der Waals surface area contributed by atoms with Gasteiger partial charge in [0.2, 0.25) is 0 Å². The monoisotopic (exact) mass is 274 g/mol. The maximum absolute atomic E-state index is 11.5. The average Bonchev–Trinajstić information content (AvgIpc) is 2.66. The summed E-state index contributed by atoms with van der Waals surface area (Å²) in [5.41, 5.74) is 0.827. The van der Waals surface area contributed by atoms with Gasteiger partial charge in [0.1, 0.15) is 5.78 Å². The quantitative estimate of drug-likeness (QED) is 0.536. The fraction of sp³-hybridized carbons (Fsp3) is 0.700. The van der Waals surface area contributed by atoms with E-state index >= 15 is 0 Å². The van der Waals surface area contributed by atoms with E-state index in [2.05, 4.69) is 15.4 Å². The third-order valence-electron chi connectivity index (χ3n) is 2.31. The first-order chi connectivity index (χ1) is 8.37. The van der Waals surface area contributed by atoms with Crippen LogP contribution in [0, 0.1) is 6.92 Å². The molecule has 1 unspecified atom stereocenters. The number of hydrogen-bond acceptors (Lipinski definition) is 4. The number of carbonyl (C=O) groups excluding carboxylic acids is 1. The van der Waals surface area contributed by atoms with E-state index in [0.717, 1.165) is 5.69 Å². The van der Waals surface area contributed by atoms with E-state index in [0.29, 0.717) is 32.4 Å². The SMILES string of the molecule is Cc1cn(CCC(=O)CCCNP(C)(=O)O)nn1. The number of aromatic nitrogens is 3. The van der Waals surface area contributed by atoms with Gasteiger partial charge in [0.25, 0.3) is 7.52 Å². The number of Topliss-reactive ketones (excluding diaryl/α,β-unsaturated/α-hetero) is 1. The fourth-order valence-corrected chi connectivity index (χ4v) is 2.01. The average molecular weight is 274 g/mol. The number of aryl methyl sites for hydroxylation is 2. The zero-order valence-corrected chi connectivity index (χ0v) is 11.6. The summed E-state index contributed by atoms with van der Waals surface area (Å²) < 4.78 is 12.6. The van der Waals surface area contributed by atoms with E-state index in [1.165, 1.54) is 6.66 Å². The third kappa shape index (κ3) is 6.64. The molecule has 1 aromatic rings. The van der Waals surface area contributed by atoms with E-state index in [1.54, 1.807) is 10.9 Å². The molecular formula is C10H19N4O3P. The van der Waals surface area contributed by atoms with Gasteiger partial charge in [0, 0.05) is 38.8 Å². The topological polar surface area (TPSA) is 97.1 Å². The Balaban J connectivity index is 2.13. The van der Waals surface area contributed by atoms with Gasteiger partial charge in [-0.15, -0.1) is 5.10 Å². The summed E-state index contributed by atoms with van der Waals surface area (Å²) in [6, 6.07) is 0. The molecule has 0 amide bonds. The van der Waals surface area contributed by atoms with Crippen molar-refractivity contribution in [2.24, 2.45) is 0 Å². The summed E-state index contributed by atoms with van der Waals surface area (Å²) in [5, 5.41) is 10.2. The Morgan fingerprint density at radius 3 is 2.83 bits per heavy atom. The minimum atomic E-state index is -3.17. The van der Waals surface area contributed by atoms with Gasteiger partial charge in [-0.25, -0.2) is 5.09 Å². The Bertz CT molecular complexity index is 440. The van der Waals surface area contributed by atoms with E-state index in [1.807, 2.05) is 6.92 Å². The number of carbonyl (C=O) groups is 1. The largest absolute Gasteiger partial charge is 0.333 e. The molecule has 1 aromatic heterocycles. The van der Waals surface area contributed by atoms with Crippen LogP contribution in [0.2, 0.25) is 0 Å². The van der Waals surface area contributed by atoms with Crippen molar-refractivity contribution in [2.75, 3.05) is 13.2 Å². The van der Waals surface area contributed by atoms with Crippen LogP contribution in [-0.2, 0) is 15.9 Å². The highest BCUT2D eigenvalue weighted by atomic mass is 31.2. The van der Waals surface area contributed by atoms with Crippen molar-refractivity contribution in [2.45, 2.75) is 32.7 Å². The molecule has 7 nitrogen and oxygen atoms in total. The van der Waals surface area contributed by atoms with E-state index in [9.17, 15) is 9.36 Å². The molecule has 0 bridgehead atoms. The van der Waals surface area contributed by atoms with Crippen LogP contribution in [0.3, 0.4) is 0 Å². The molecule has 0 aliphatic heterocycles. The molecule has 8 heteroatoms. The second kappa shape index (κ2) is 6.78. The number of ketones is 1. The highest BCUT2D eigenvalue weighted by molar-refractivity contribution is 7.54. The molecule has 0 saturated carbocycles. The molecule has 1 heterocycles. The minimum Gasteiger partial charge on any atom is -0.333 e. The maximum Gasteiger partial charge on any atom is 0.264 e. The molecule has 0 radical (unpaired) electrons. The summed E-state index contributed by atoms with van der Waals surface area (Å²) in [4.78, 5) is 20.5. The standard InChI is InChI=1S/C10H19N4O3P/c1-9-8-14(13-12-9)7-5-10(15)4-3-6-11-18(2,16)17/h8H,3-7H2,1-2H3,(H2,11,16,17). The van der Waals surface area contributed by atoms with Crippen molar-refractivity contribution in [3.05, 3.63) is 11.9 Å². The van der Waals surface area contributed by atoms with E-state index in [4.69, 9.17) is 4.89 Å². The molecule has 0 fully saturated rings. The summed E-state index contributed by atoms with van der Waals surface area (Å²) in [7, 11) is -3.17. The minimum absolute atomic E-state index is 0.119. The maximum atomic E-state index is 11.5. The number of nitrogens with zero attached hydrogens (tertiary/aromatic N) is 3. The lowest BCUT2D eigenvalue weighted by Crippen LogP contribution is -2.13. The van der Waals surface area contributed by atoms with Crippen molar-refractivity contribution >= 4 is 13.3 Å². The van der Waals surface area contributed by atoms with Crippen LogP contribution in [0.5, 0.6) is 0 Å². The smallest absolute Gasteiger partial charge is 0.264 e. The first-order valence-electron chi connectivity index (χ1n) is 5.80. The lowest BCUT2D eigenvalue weighted by molar-refractivity contribution is -0.119. The summed E-state index contributed by atoms with van der Waals surface area (Å²) in [5.74, 6) is 0.119. The van der Waals surface area contributed by atoms with Crippen LogP contribution in [0.15, 0.2) is 6.20 Å². The zero-order valence-electron chi connectivity index (χ0n) is 10.7. The van der Waals surface area contributed by atoms with Crippen molar-refractivity contribution in [1.82, 2.24) is 20.1 Å². The van der Waals surface area contributed by atoms with Gasteiger partial charge in [-0.05, 0) is 13.3 Å². The molecule has 102 valence electrons. The van der Waals surface area contributed by atoms with Gasteiger partial charge in [0.15, 0.2) is 0 Å². The van der Waals surface area contributed by atoms with Gasteiger partial charge < -0.3 is 4.89 Å². The Morgan fingerprint density at radius 1 is 1.56 bits per heavy atom. The van der Waals surface area contributed by atoms with Crippen LogP contribution in [0.1, 0.15) is 25.0 Å². The van der Waals surface area contributed by atoms with Gasteiger partial charge in [0.05, 0.1) is 5.69 Å². The van der Waals surface area contributed by atoms with Gasteiger partial charge in [-0.1, -0.05) is 5.21 Å². The molecule has 18 heavy (non-hydrogen) atoms. The summed E-state index contributed by atoms with van der Waals surface area (Å²) in [6.07, 6.45) is 3.16. The van der Waals surface area contributed by atoms with Crippen LogP contribution in [-0.4, -0.2) is 38.9 Å². The van der Waals surface area contributed by atoms with Crippen LogP contribution >= 0.6 is 7.52 Å². The lowest BCUT2D eigenvalue weighted by Gasteiger charge is -2.06. The van der Waals surface area contributed by atoms with Crippen molar-refractivity contribution in [3.8, 4) is 0 Å². The second-order valence-electron chi connectivity index (χ2n) is 4.30. The Morgan fingerprint density at radius 2 is 2.28 bits per heavy atom. The Hall–Kier alpha value is -1.04. The molecule has 2 N–H and O–H groups in total. The Kier molecular flexibility index (Phi) is 5.65. The molecule has 0 spiro atoms. The van der Waals surface area contributed by atoms with Crippen molar-refractivity contribution in [3.63, 3.8) is 0 Å². The normalized spacial score (nSPS) is 14.4. The predicted octanol–water partition coefficient (Wildman–Crippen LogP) is 0.731. The lowest BCUT2D eigenvalue weighted by atomic mass is 10.2. The highest BCUT2D eigenvalue weighted by Gasteiger charge is 2.08. The Labute approximate surface area is 106 Å².